The van der Waals surface area contributed by atoms with Crippen LogP contribution in [0.25, 0.3) is 12.7 Å². The zero-order valence-corrected chi connectivity index (χ0v) is 11.7. The summed E-state index contributed by atoms with van der Waals surface area (Å²) in [5.74, 6) is 0.696. The molecular formula is C14H21NO3. The zero-order chi connectivity index (χ0) is 13.9. The van der Waals surface area contributed by atoms with E-state index in [2.05, 4.69) is 6.58 Å². The van der Waals surface area contributed by atoms with Gasteiger partial charge in [-0.3, -0.25) is 0 Å². The van der Waals surface area contributed by atoms with Gasteiger partial charge in [0, 0.05) is 12.3 Å². The van der Waals surface area contributed by atoms with Crippen molar-refractivity contribution in [2.75, 3.05) is 7.05 Å². The van der Waals surface area contributed by atoms with Gasteiger partial charge in [0.15, 0.2) is 0 Å². The molecule has 0 N–H and O–H groups in total. The van der Waals surface area contributed by atoms with Crippen molar-refractivity contribution in [1.82, 2.24) is 4.90 Å². The number of carbonyl (C=O) groups excluding carboxylic acids is 1. The highest BCUT2D eigenvalue weighted by Crippen LogP contribution is 2.10. The first-order valence-corrected chi connectivity index (χ1v) is 5.91. The van der Waals surface area contributed by atoms with Crippen molar-refractivity contribution < 1.29 is 13.9 Å². The maximum absolute atomic E-state index is 11.8. The highest BCUT2D eigenvalue weighted by Gasteiger charge is 2.20. The molecule has 0 aliphatic carbocycles. The normalized spacial score (nSPS) is 12.6. The summed E-state index contributed by atoms with van der Waals surface area (Å²) in [6.07, 6.45) is 1.55. The second-order valence-corrected chi connectivity index (χ2v) is 5.22. The van der Waals surface area contributed by atoms with Crippen molar-refractivity contribution in [3.63, 3.8) is 0 Å². The third-order valence-electron chi connectivity index (χ3n) is 2.30. The minimum absolute atomic E-state index is 0.366. The molecule has 0 aliphatic rings. The van der Waals surface area contributed by atoms with E-state index in [1.165, 1.54) is 4.90 Å². The Morgan fingerprint density at radius 2 is 2.17 bits per heavy atom. The van der Waals surface area contributed by atoms with Crippen molar-refractivity contribution in [2.45, 2.75) is 39.8 Å². The summed E-state index contributed by atoms with van der Waals surface area (Å²) < 4.78 is 10.7. The van der Waals surface area contributed by atoms with E-state index >= 15 is 0 Å². The first kappa shape index (κ1) is 14.4. The number of nitrogens with zero attached hydrogens (tertiary/aromatic N) is 1. The van der Waals surface area contributed by atoms with E-state index in [1.807, 2.05) is 39.8 Å². The molecule has 0 atom stereocenters. The van der Waals surface area contributed by atoms with Crippen LogP contribution < -0.4 is 10.6 Å². The fraction of sp³-hybridized carbons (Fsp3) is 0.500. The second kappa shape index (κ2) is 5.29. The van der Waals surface area contributed by atoms with Crippen molar-refractivity contribution in [3.8, 4) is 0 Å². The molecule has 0 saturated carbocycles. The Hall–Kier alpha value is -1.71. The van der Waals surface area contributed by atoms with Gasteiger partial charge < -0.3 is 14.1 Å². The number of hydrogen-bond acceptors (Lipinski definition) is 3. The van der Waals surface area contributed by atoms with Crippen LogP contribution in [0.2, 0.25) is 0 Å². The molecule has 1 amide bonds. The molecule has 4 nitrogen and oxygen atoms in total. The molecule has 0 aromatic carbocycles. The molecule has 18 heavy (non-hydrogen) atoms. The summed E-state index contributed by atoms with van der Waals surface area (Å²) in [6.45, 7) is 11.6. The lowest BCUT2D eigenvalue weighted by molar-refractivity contribution is 0.0274. The van der Waals surface area contributed by atoms with Crippen LogP contribution in [0.3, 0.4) is 0 Å². The molecule has 1 rings (SSSR count). The molecule has 1 heterocycles. The van der Waals surface area contributed by atoms with Crippen LogP contribution in [0.15, 0.2) is 10.5 Å². The molecule has 0 unspecified atom stereocenters. The summed E-state index contributed by atoms with van der Waals surface area (Å²) in [5.41, 5.74) is 0.124. The van der Waals surface area contributed by atoms with Crippen LogP contribution >= 0.6 is 0 Å². The van der Waals surface area contributed by atoms with Gasteiger partial charge in [-0.2, -0.15) is 0 Å². The highest BCUT2D eigenvalue weighted by molar-refractivity contribution is 5.67. The topological polar surface area (TPSA) is 42.7 Å². The number of amides is 1. The molecule has 100 valence electrons. The van der Waals surface area contributed by atoms with Crippen LogP contribution in [0.4, 0.5) is 4.79 Å². The molecule has 0 radical (unpaired) electrons. The van der Waals surface area contributed by atoms with Crippen molar-refractivity contribution in [2.24, 2.45) is 0 Å². The SMILES string of the molecule is C=c1oc(CN(C)C(=O)OC(C)(C)C)c/c1=C/C. The lowest BCUT2D eigenvalue weighted by Crippen LogP contribution is -2.33. The minimum Gasteiger partial charge on any atom is -0.460 e. The molecule has 0 aliphatic heterocycles. The van der Waals surface area contributed by atoms with Crippen molar-refractivity contribution >= 4 is 18.7 Å². The standard InChI is InChI=1S/C14H21NO3/c1-7-11-8-12(17-10(11)2)9-15(6)13(16)18-14(3,4)5/h7-8H,2,9H2,1,3-6H3/b11-7-. The number of rotatable bonds is 2. The monoisotopic (exact) mass is 251 g/mol. The van der Waals surface area contributed by atoms with Gasteiger partial charge >= 0.3 is 6.09 Å². The van der Waals surface area contributed by atoms with Crippen LogP contribution in [-0.2, 0) is 11.3 Å². The van der Waals surface area contributed by atoms with Gasteiger partial charge in [-0.25, -0.2) is 4.79 Å². The van der Waals surface area contributed by atoms with E-state index in [0.717, 1.165) is 5.22 Å². The predicted octanol–water partition coefficient (Wildman–Crippen LogP) is 1.86. The minimum atomic E-state index is -0.492. The van der Waals surface area contributed by atoms with E-state index in [4.69, 9.17) is 9.15 Å². The Morgan fingerprint density at radius 3 is 2.61 bits per heavy atom. The van der Waals surface area contributed by atoms with Gasteiger partial charge in [0.25, 0.3) is 0 Å². The predicted molar refractivity (Wildman–Crippen MR) is 71.3 cm³/mol. The zero-order valence-electron chi connectivity index (χ0n) is 11.7. The van der Waals surface area contributed by atoms with Crippen molar-refractivity contribution in [3.05, 3.63) is 22.5 Å². The summed E-state index contributed by atoms with van der Waals surface area (Å²) in [4.78, 5) is 13.2. The van der Waals surface area contributed by atoms with E-state index in [1.54, 1.807) is 7.05 Å². The second-order valence-electron chi connectivity index (χ2n) is 5.22. The average Bonchev–Trinajstić information content (AvgIpc) is 2.56. The molecule has 4 heteroatoms. The lowest BCUT2D eigenvalue weighted by atomic mass is 10.2. The Bertz CT molecular complexity index is 522. The number of furan rings is 1. The summed E-state index contributed by atoms with van der Waals surface area (Å²) >= 11 is 0. The molecule has 1 aromatic heterocycles. The van der Waals surface area contributed by atoms with Gasteiger partial charge in [-0.15, -0.1) is 0 Å². The van der Waals surface area contributed by atoms with Crippen LogP contribution in [0.5, 0.6) is 0 Å². The Labute approximate surface area is 108 Å². The molecule has 0 spiro atoms. The third kappa shape index (κ3) is 3.95. The lowest BCUT2D eigenvalue weighted by Gasteiger charge is -2.24. The maximum Gasteiger partial charge on any atom is 0.410 e. The first-order chi connectivity index (χ1) is 8.23. The van der Waals surface area contributed by atoms with E-state index in [0.29, 0.717) is 17.7 Å². The molecular weight excluding hydrogens is 230 g/mol. The van der Waals surface area contributed by atoms with E-state index in [9.17, 15) is 4.79 Å². The number of ether oxygens (including phenoxy) is 1. The van der Waals surface area contributed by atoms with Gasteiger partial charge in [0.1, 0.15) is 16.8 Å². The van der Waals surface area contributed by atoms with Crippen LogP contribution in [0.1, 0.15) is 33.5 Å². The quantitative estimate of drug-likeness (QED) is 0.805. The first-order valence-electron chi connectivity index (χ1n) is 5.91. The molecule has 0 bridgehead atoms. The molecule has 0 saturated heterocycles. The summed E-state index contributed by atoms with van der Waals surface area (Å²) in [7, 11) is 1.68. The highest BCUT2D eigenvalue weighted by atomic mass is 16.6. The van der Waals surface area contributed by atoms with Gasteiger partial charge in [-0.1, -0.05) is 12.7 Å². The summed E-state index contributed by atoms with van der Waals surface area (Å²) in [6, 6.07) is 1.88. The maximum atomic E-state index is 11.8. The largest absolute Gasteiger partial charge is 0.460 e. The molecule has 1 aromatic rings. The third-order valence-corrected chi connectivity index (χ3v) is 2.30. The Kier molecular flexibility index (Phi) is 4.22. The Balaban J connectivity index is 2.73. The summed E-state index contributed by atoms with van der Waals surface area (Å²) in [5, 5.41) is 0.947. The van der Waals surface area contributed by atoms with Gasteiger partial charge in [0.2, 0.25) is 0 Å². The smallest absolute Gasteiger partial charge is 0.410 e. The van der Waals surface area contributed by atoms with E-state index < -0.39 is 5.60 Å². The average molecular weight is 251 g/mol. The molecule has 0 fully saturated rings. The number of hydrogen-bond donors (Lipinski definition) is 0. The van der Waals surface area contributed by atoms with Crippen LogP contribution in [0, 0.1) is 0 Å². The van der Waals surface area contributed by atoms with Crippen LogP contribution in [-0.4, -0.2) is 23.6 Å². The Morgan fingerprint density at radius 1 is 1.56 bits per heavy atom. The van der Waals surface area contributed by atoms with E-state index in [-0.39, 0.29) is 6.09 Å². The van der Waals surface area contributed by atoms with Gasteiger partial charge in [-0.05, 0) is 33.8 Å². The van der Waals surface area contributed by atoms with Gasteiger partial charge in [0.05, 0.1) is 6.54 Å². The fourth-order valence-electron chi connectivity index (χ4n) is 1.46. The fourth-order valence-corrected chi connectivity index (χ4v) is 1.46. The number of carbonyl (C=O) groups is 1. The van der Waals surface area contributed by atoms with Crippen molar-refractivity contribution in [1.29, 1.82) is 0 Å².